The molecule has 0 aliphatic rings. The second kappa shape index (κ2) is 9.32. The summed E-state index contributed by atoms with van der Waals surface area (Å²) >= 11 is 0. The molecule has 0 saturated heterocycles. The highest BCUT2D eigenvalue weighted by Crippen LogP contribution is 2.19. The Kier molecular flexibility index (Phi) is 6.60. The SMILES string of the molecule is CCCCC(=O)Nc1ccc(C(=O)n2nc(C)c(Cc3ccccc3)c2C)cc1. The molecule has 2 aromatic carbocycles. The number of rotatable bonds is 7. The number of aryl methyl sites for hydroxylation is 1. The molecule has 1 amide bonds. The average molecular weight is 389 g/mol. The van der Waals surface area contributed by atoms with Gasteiger partial charge in [-0.05, 0) is 50.1 Å². The maximum Gasteiger partial charge on any atom is 0.278 e. The van der Waals surface area contributed by atoms with Gasteiger partial charge in [0.1, 0.15) is 0 Å². The van der Waals surface area contributed by atoms with Gasteiger partial charge in [-0.2, -0.15) is 5.10 Å². The molecule has 29 heavy (non-hydrogen) atoms. The number of benzene rings is 2. The number of anilines is 1. The zero-order chi connectivity index (χ0) is 20.8. The van der Waals surface area contributed by atoms with Crippen LogP contribution in [-0.4, -0.2) is 21.6 Å². The van der Waals surface area contributed by atoms with Crippen LogP contribution in [-0.2, 0) is 11.2 Å². The monoisotopic (exact) mass is 389 g/mol. The number of hydrogen-bond donors (Lipinski definition) is 1. The van der Waals surface area contributed by atoms with E-state index >= 15 is 0 Å². The average Bonchev–Trinajstić information content (AvgIpc) is 3.01. The lowest BCUT2D eigenvalue weighted by Gasteiger charge is -2.07. The highest BCUT2D eigenvalue weighted by Gasteiger charge is 2.18. The van der Waals surface area contributed by atoms with E-state index in [4.69, 9.17) is 0 Å². The topological polar surface area (TPSA) is 64.0 Å². The molecule has 0 radical (unpaired) electrons. The molecule has 1 heterocycles. The molecule has 5 nitrogen and oxygen atoms in total. The summed E-state index contributed by atoms with van der Waals surface area (Å²) in [6.07, 6.45) is 3.10. The van der Waals surface area contributed by atoms with E-state index in [1.165, 1.54) is 10.2 Å². The molecule has 0 atom stereocenters. The third-order valence-corrected chi connectivity index (χ3v) is 5.03. The van der Waals surface area contributed by atoms with Crippen molar-refractivity contribution in [3.05, 3.63) is 82.7 Å². The number of carbonyl (C=O) groups is 2. The Labute approximate surface area is 171 Å². The van der Waals surface area contributed by atoms with Gasteiger partial charge in [-0.25, -0.2) is 4.68 Å². The minimum Gasteiger partial charge on any atom is -0.326 e. The van der Waals surface area contributed by atoms with E-state index in [0.29, 0.717) is 17.7 Å². The molecule has 0 aliphatic heterocycles. The first-order valence-electron chi connectivity index (χ1n) is 10.0. The summed E-state index contributed by atoms with van der Waals surface area (Å²) in [5, 5.41) is 7.35. The van der Waals surface area contributed by atoms with Gasteiger partial charge in [0.25, 0.3) is 5.91 Å². The number of carbonyl (C=O) groups excluding carboxylic acids is 2. The van der Waals surface area contributed by atoms with Crippen LogP contribution in [0.15, 0.2) is 54.6 Å². The largest absolute Gasteiger partial charge is 0.326 e. The molecule has 0 aliphatic carbocycles. The second-order valence-electron chi connectivity index (χ2n) is 7.26. The molecule has 1 aromatic heterocycles. The van der Waals surface area contributed by atoms with E-state index in [0.717, 1.165) is 36.2 Å². The van der Waals surface area contributed by atoms with Crippen molar-refractivity contribution in [2.24, 2.45) is 0 Å². The molecular formula is C24H27N3O2. The molecular weight excluding hydrogens is 362 g/mol. The summed E-state index contributed by atoms with van der Waals surface area (Å²) in [5.41, 5.74) is 5.21. The Balaban J connectivity index is 1.75. The molecule has 0 bridgehead atoms. The van der Waals surface area contributed by atoms with Gasteiger partial charge in [0.05, 0.1) is 5.69 Å². The van der Waals surface area contributed by atoms with Crippen LogP contribution in [0.3, 0.4) is 0 Å². The first kappa shape index (κ1) is 20.5. The summed E-state index contributed by atoms with van der Waals surface area (Å²) in [7, 11) is 0. The Morgan fingerprint density at radius 3 is 2.34 bits per heavy atom. The van der Waals surface area contributed by atoms with Crippen LogP contribution < -0.4 is 5.32 Å². The second-order valence-corrected chi connectivity index (χ2v) is 7.26. The fraction of sp³-hybridized carbons (Fsp3) is 0.292. The van der Waals surface area contributed by atoms with Crippen LogP contribution in [0, 0.1) is 13.8 Å². The number of unbranched alkanes of at least 4 members (excludes halogenated alkanes) is 1. The minimum atomic E-state index is -0.172. The van der Waals surface area contributed by atoms with Gasteiger partial charge >= 0.3 is 0 Å². The fourth-order valence-corrected chi connectivity index (χ4v) is 3.31. The Morgan fingerprint density at radius 1 is 1.00 bits per heavy atom. The van der Waals surface area contributed by atoms with Crippen molar-refractivity contribution in [2.75, 3.05) is 5.32 Å². The number of hydrogen-bond acceptors (Lipinski definition) is 3. The van der Waals surface area contributed by atoms with E-state index in [2.05, 4.69) is 29.5 Å². The number of nitrogens with zero attached hydrogens (tertiary/aromatic N) is 2. The third-order valence-electron chi connectivity index (χ3n) is 5.03. The minimum absolute atomic E-state index is 0.00461. The van der Waals surface area contributed by atoms with Crippen molar-refractivity contribution in [3.8, 4) is 0 Å². The predicted molar refractivity (Wildman–Crippen MR) is 115 cm³/mol. The third kappa shape index (κ3) is 4.99. The van der Waals surface area contributed by atoms with Gasteiger partial charge in [0, 0.05) is 35.3 Å². The normalized spacial score (nSPS) is 10.7. The van der Waals surface area contributed by atoms with Crippen molar-refractivity contribution in [1.29, 1.82) is 0 Å². The van der Waals surface area contributed by atoms with Gasteiger partial charge in [-0.1, -0.05) is 43.7 Å². The lowest BCUT2D eigenvalue weighted by molar-refractivity contribution is -0.116. The van der Waals surface area contributed by atoms with Crippen LogP contribution in [0.2, 0.25) is 0 Å². The molecule has 0 spiro atoms. The Hall–Kier alpha value is -3.21. The molecule has 0 fully saturated rings. The highest BCUT2D eigenvalue weighted by atomic mass is 16.2. The summed E-state index contributed by atoms with van der Waals surface area (Å²) in [5.74, 6) is -0.177. The Bertz CT molecular complexity index is 989. The highest BCUT2D eigenvalue weighted by molar-refractivity contribution is 5.97. The maximum absolute atomic E-state index is 13.0. The van der Waals surface area contributed by atoms with Crippen molar-refractivity contribution in [1.82, 2.24) is 9.78 Å². The van der Waals surface area contributed by atoms with E-state index < -0.39 is 0 Å². The van der Waals surface area contributed by atoms with Gasteiger partial charge in [0.2, 0.25) is 5.91 Å². The zero-order valence-electron chi connectivity index (χ0n) is 17.2. The van der Waals surface area contributed by atoms with Crippen molar-refractivity contribution >= 4 is 17.5 Å². The molecule has 150 valence electrons. The van der Waals surface area contributed by atoms with E-state index in [-0.39, 0.29) is 11.8 Å². The van der Waals surface area contributed by atoms with E-state index in [1.54, 1.807) is 24.3 Å². The van der Waals surface area contributed by atoms with Crippen molar-refractivity contribution in [2.45, 2.75) is 46.5 Å². The standard InChI is InChI=1S/C24H27N3O2/c1-4-5-11-23(28)25-21-14-12-20(13-15-21)24(29)27-18(3)22(17(2)26-27)16-19-9-7-6-8-10-19/h6-10,12-15H,4-5,11,16H2,1-3H3,(H,25,28). The summed E-state index contributed by atoms with van der Waals surface area (Å²) < 4.78 is 1.47. The molecule has 1 N–H and O–H groups in total. The lowest BCUT2D eigenvalue weighted by atomic mass is 10.0. The van der Waals surface area contributed by atoms with E-state index in [1.807, 2.05) is 32.0 Å². The molecule has 0 unspecified atom stereocenters. The molecule has 3 aromatic rings. The van der Waals surface area contributed by atoms with Gasteiger partial charge in [-0.3, -0.25) is 9.59 Å². The van der Waals surface area contributed by atoms with E-state index in [9.17, 15) is 9.59 Å². The van der Waals surface area contributed by atoms with Crippen LogP contribution in [0.4, 0.5) is 5.69 Å². The van der Waals surface area contributed by atoms with Gasteiger partial charge < -0.3 is 5.32 Å². The zero-order valence-corrected chi connectivity index (χ0v) is 17.2. The maximum atomic E-state index is 13.0. The first-order valence-corrected chi connectivity index (χ1v) is 10.0. The predicted octanol–water partition coefficient (Wildman–Crippen LogP) is 4.91. The molecule has 0 saturated carbocycles. The lowest BCUT2D eigenvalue weighted by Crippen LogP contribution is -2.16. The smallest absolute Gasteiger partial charge is 0.278 e. The van der Waals surface area contributed by atoms with Crippen LogP contribution >= 0.6 is 0 Å². The van der Waals surface area contributed by atoms with Crippen LogP contribution in [0.25, 0.3) is 0 Å². The molecule has 3 rings (SSSR count). The van der Waals surface area contributed by atoms with Gasteiger partial charge in [0.15, 0.2) is 0 Å². The van der Waals surface area contributed by atoms with Gasteiger partial charge in [-0.15, -0.1) is 0 Å². The molecule has 5 heteroatoms. The fourth-order valence-electron chi connectivity index (χ4n) is 3.31. The summed E-state index contributed by atoms with van der Waals surface area (Å²) in [4.78, 5) is 24.8. The first-order chi connectivity index (χ1) is 14.0. The van der Waals surface area contributed by atoms with Crippen LogP contribution in [0.1, 0.15) is 59.1 Å². The number of amides is 1. The number of nitrogens with one attached hydrogen (secondary N) is 1. The van der Waals surface area contributed by atoms with Crippen molar-refractivity contribution in [3.63, 3.8) is 0 Å². The Morgan fingerprint density at radius 2 is 1.69 bits per heavy atom. The summed E-state index contributed by atoms with van der Waals surface area (Å²) in [6.45, 7) is 5.92. The van der Waals surface area contributed by atoms with Crippen LogP contribution in [0.5, 0.6) is 0 Å². The van der Waals surface area contributed by atoms with Crippen molar-refractivity contribution < 1.29 is 9.59 Å². The number of aromatic nitrogens is 2. The quantitative estimate of drug-likeness (QED) is 0.624. The summed E-state index contributed by atoms with van der Waals surface area (Å²) in [6, 6.07) is 17.1.